The predicted molar refractivity (Wildman–Crippen MR) is 107 cm³/mol. The predicted octanol–water partition coefficient (Wildman–Crippen LogP) is 2.72. The van der Waals surface area contributed by atoms with E-state index in [-0.39, 0.29) is 35.9 Å². The van der Waals surface area contributed by atoms with E-state index < -0.39 is 0 Å². The van der Waals surface area contributed by atoms with Crippen molar-refractivity contribution in [2.24, 2.45) is 0 Å². The molecule has 0 aliphatic carbocycles. The van der Waals surface area contributed by atoms with E-state index in [1.807, 2.05) is 36.4 Å². The van der Waals surface area contributed by atoms with Gasteiger partial charge in [0.25, 0.3) is 11.1 Å². The smallest absolute Gasteiger partial charge is 0.288 e. The summed E-state index contributed by atoms with van der Waals surface area (Å²) in [4.78, 5) is 46.0. The lowest BCUT2D eigenvalue weighted by atomic mass is 10.0. The van der Waals surface area contributed by atoms with Crippen molar-refractivity contribution in [2.45, 2.75) is 0 Å². The molecule has 1 fully saturated rings. The zero-order chi connectivity index (χ0) is 19.5. The summed E-state index contributed by atoms with van der Waals surface area (Å²) in [6, 6.07) is 12.8. The van der Waals surface area contributed by atoms with Gasteiger partial charge in [-0.3, -0.25) is 24.3 Å². The first-order valence-corrected chi connectivity index (χ1v) is 9.67. The number of imide groups is 1. The van der Waals surface area contributed by atoms with E-state index in [0.29, 0.717) is 16.8 Å². The highest BCUT2D eigenvalue weighted by molar-refractivity contribution is 8.14. The molecule has 1 aromatic carbocycles. The minimum absolute atomic E-state index is 0.163. The number of rotatable bonds is 5. The van der Waals surface area contributed by atoms with Crippen molar-refractivity contribution in [3.63, 3.8) is 0 Å². The third-order valence-electron chi connectivity index (χ3n) is 4.40. The van der Waals surface area contributed by atoms with Crippen LogP contribution in [0.25, 0.3) is 22.2 Å². The van der Waals surface area contributed by atoms with Crippen LogP contribution in [0.4, 0.5) is 4.79 Å². The van der Waals surface area contributed by atoms with Crippen LogP contribution in [-0.4, -0.2) is 50.8 Å². The van der Waals surface area contributed by atoms with Crippen molar-refractivity contribution in [1.29, 1.82) is 0 Å². The Labute approximate surface area is 165 Å². The fraction of sp³-hybridized carbons (Fsp3) is 0.150. The lowest BCUT2D eigenvalue weighted by Crippen LogP contribution is -2.37. The van der Waals surface area contributed by atoms with E-state index in [1.165, 1.54) is 0 Å². The lowest BCUT2D eigenvalue weighted by Gasteiger charge is -2.14. The minimum Gasteiger partial charge on any atom is -0.350 e. The van der Waals surface area contributed by atoms with Gasteiger partial charge in [0.2, 0.25) is 5.91 Å². The van der Waals surface area contributed by atoms with Crippen LogP contribution in [-0.2, 0) is 4.79 Å². The summed E-state index contributed by atoms with van der Waals surface area (Å²) >= 11 is 0.982. The van der Waals surface area contributed by atoms with Gasteiger partial charge in [0.15, 0.2) is 0 Å². The zero-order valence-electron chi connectivity index (χ0n) is 14.8. The summed E-state index contributed by atoms with van der Waals surface area (Å²) in [5.74, 6) is -0.337. The second-order valence-corrected chi connectivity index (χ2v) is 7.09. The van der Waals surface area contributed by atoms with Crippen molar-refractivity contribution in [3.05, 3.63) is 60.4 Å². The molecule has 3 amide bonds. The Hall–Kier alpha value is -3.26. The summed E-state index contributed by atoms with van der Waals surface area (Å²) in [5.41, 5.74) is 2.74. The van der Waals surface area contributed by atoms with E-state index in [9.17, 15) is 14.4 Å². The number of amides is 3. The molecule has 0 saturated carbocycles. The van der Waals surface area contributed by atoms with Crippen LogP contribution in [0.5, 0.6) is 0 Å². The summed E-state index contributed by atoms with van der Waals surface area (Å²) in [5, 5.41) is 3.27. The molecule has 0 atom stereocenters. The molecule has 0 spiro atoms. The lowest BCUT2D eigenvalue weighted by molar-refractivity contribution is -0.124. The quantitative estimate of drug-likeness (QED) is 0.718. The molecular formula is C20H16N4O3S. The van der Waals surface area contributed by atoms with Crippen LogP contribution >= 0.6 is 11.8 Å². The van der Waals surface area contributed by atoms with Crippen molar-refractivity contribution in [2.75, 3.05) is 18.8 Å². The van der Waals surface area contributed by atoms with Crippen LogP contribution in [0.3, 0.4) is 0 Å². The number of pyridine rings is 2. The molecule has 4 rings (SSSR count). The molecule has 0 bridgehead atoms. The standard InChI is InChI=1S/C20H16N4O3S/c25-18-12-28-20(27)24(18)10-9-22-19(26)15-11-17(13-5-7-21-8-6-13)23-16-4-2-1-3-14(15)16/h1-8,11H,9-10,12H2,(H,22,26). The number of fused-ring (bicyclic) bond motifs is 1. The van der Waals surface area contributed by atoms with Crippen LogP contribution in [0.15, 0.2) is 54.9 Å². The van der Waals surface area contributed by atoms with Gasteiger partial charge in [-0.25, -0.2) is 4.98 Å². The number of nitrogens with zero attached hydrogens (tertiary/aromatic N) is 3. The van der Waals surface area contributed by atoms with Crippen LogP contribution in [0.1, 0.15) is 10.4 Å². The normalized spacial score (nSPS) is 13.9. The maximum Gasteiger partial charge on any atom is 0.288 e. The Morgan fingerprint density at radius 1 is 1.14 bits per heavy atom. The second-order valence-electron chi connectivity index (χ2n) is 6.16. The molecule has 3 aromatic rings. The van der Waals surface area contributed by atoms with E-state index >= 15 is 0 Å². The molecule has 140 valence electrons. The maximum atomic E-state index is 12.8. The van der Waals surface area contributed by atoms with E-state index in [4.69, 9.17) is 0 Å². The Morgan fingerprint density at radius 2 is 1.93 bits per heavy atom. The molecule has 0 unspecified atom stereocenters. The molecule has 3 heterocycles. The van der Waals surface area contributed by atoms with E-state index in [0.717, 1.165) is 27.6 Å². The van der Waals surface area contributed by atoms with E-state index in [2.05, 4.69) is 15.3 Å². The average molecular weight is 392 g/mol. The first-order valence-electron chi connectivity index (χ1n) is 8.69. The molecule has 1 aliphatic heterocycles. The SMILES string of the molecule is O=C(NCCN1C(=O)CSC1=O)c1cc(-c2ccncc2)nc2ccccc12. The Bertz CT molecular complexity index is 1060. The fourth-order valence-corrected chi connectivity index (χ4v) is 3.76. The number of carbonyl (C=O) groups excluding carboxylic acids is 3. The second kappa shape index (κ2) is 7.77. The van der Waals surface area contributed by atoms with Gasteiger partial charge in [-0.2, -0.15) is 0 Å². The molecule has 28 heavy (non-hydrogen) atoms. The van der Waals surface area contributed by atoms with Crippen molar-refractivity contribution in [3.8, 4) is 11.3 Å². The number of aromatic nitrogens is 2. The molecular weight excluding hydrogens is 376 g/mol. The number of hydrogen-bond donors (Lipinski definition) is 1. The maximum absolute atomic E-state index is 12.8. The number of thioether (sulfide) groups is 1. The third-order valence-corrected chi connectivity index (χ3v) is 5.26. The van der Waals surface area contributed by atoms with Gasteiger partial charge in [-0.1, -0.05) is 30.0 Å². The number of hydrogen-bond acceptors (Lipinski definition) is 6. The summed E-state index contributed by atoms with van der Waals surface area (Å²) in [7, 11) is 0. The van der Waals surface area contributed by atoms with Gasteiger partial charge < -0.3 is 5.32 Å². The largest absolute Gasteiger partial charge is 0.350 e. The monoisotopic (exact) mass is 392 g/mol. The van der Waals surface area contributed by atoms with Crippen molar-refractivity contribution >= 4 is 39.7 Å². The van der Waals surface area contributed by atoms with Crippen LogP contribution in [0, 0.1) is 0 Å². The summed E-state index contributed by atoms with van der Waals surface area (Å²) < 4.78 is 0. The summed E-state index contributed by atoms with van der Waals surface area (Å²) in [6.45, 7) is 0.356. The van der Waals surface area contributed by atoms with Gasteiger partial charge in [-0.05, 0) is 24.3 Å². The van der Waals surface area contributed by atoms with Gasteiger partial charge in [-0.15, -0.1) is 0 Å². The zero-order valence-corrected chi connectivity index (χ0v) is 15.6. The third kappa shape index (κ3) is 3.59. The van der Waals surface area contributed by atoms with E-state index in [1.54, 1.807) is 18.5 Å². The topological polar surface area (TPSA) is 92.3 Å². The first kappa shape index (κ1) is 18.1. The molecule has 0 radical (unpaired) electrons. The molecule has 7 nitrogen and oxygen atoms in total. The highest BCUT2D eigenvalue weighted by Crippen LogP contribution is 2.24. The number of benzene rings is 1. The van der Waals surface area contributed by atoms with Crippen LogP contribution in [0.2, 0.25) is 0 Å². The van der Waals surface area contributed by atoms with Gasteiger partial charge in [0, 0.05) is 36.4 Å². The van der Waals surface area contributed by atoms with Gasteiger partial charge >= 0.3 is 0 Å². The number of nitrogens with one attached hydrogen (secondary N) is 1. The Balaban J connectivity index is 1.59. The Kier molecular flexibility index (Phi) is 5.03. The van der Waals surface area contributed by atoms with Crippen molar-refractivity contribution in [1.82, 2.24) is 20.2 Å². The Morgan fingerprint density at radius 3 is 2.68 bits per heavy atom. The van der Waals surface area contributed by atoms with Crippen LogP contribution < -0.4 is 5.32 Å². The molecule has 1 aliphatic rings. The molecule has 1 saturated heterocycles. The van der Waals surface area contributed by atoms with Crippen molar-refractivity contribution < 1.29 is 14.4 Å². The summed E-state index contributed by atoms with van der Waals surface area (Å²) in [6.07, 6.45) is 3.35. The minimum atomic E-state index is -0.277. The molecule has 8 heteroatoms. The van der Waals surface area contributed by atoms with Gasteiger partial charge in [0.05, 0.1) is 22.5 Å². The first-order chi connectivity index (χ1) is 13.6. The fourth-order valence-electron chi connectivity index (χ4n) is 3.01. The average Bonchev–Trinajstić information content (AvgIpc) is 3.05. The number of para-hydroxylation sites is 1. The molecule has 2 aromatic heterocycles. The molecule has 1 N–H and O–H groups in total. The highest BCUT2D eigenvalue weighted by atomic mass is 32.2. The van der Waals surface area contributed by atoms with Gasteiger partial charge in [0.1, 0.15) is 0 Å². The highest BCUT2D eigenvalue weighted by Gasteiger charge is 2.29. The number of carbonyl (C=O) groups is 3.